The minimum atomic E-state index is 0.0452. The topological polar surface area (TPSA) is 61.4 Å². The molecule has 5 nitrogen and oxygen atoms in total. The number of carbonyl (C=O) groups excluding carboxylic acids is 2. The molecule has 0 saturated carbocycles. The second kappa shape index (κ2) is 7.36. The number of piperidine rings is 1. The van der Waals surface area contributed by atoms with E-state index in [0.29, 0.717) is 12.6 Å². The average Bonchev–Trinajstić information content (AvgIpc) is 2.34. The normalized spacial score (nSPS) is 17.0. The molecule has 0 aliphatic carbocycles. The molecule has 2 amide bonds. The van der Waals surface area contributed by atoms with Gasteiger partial charge in [0, 0.05) is 45.1 Å². The van der Waals surface area contributed by atoms with E-state index in [1.165, 1.54) is 0 Å². The van der Waals surface area contributed by atoms with Crippen molar-refractivity contribution in [3.63, 3.8) is 0 Å². The highest BCUT2D eigenvalue weighted by Crippen LogP contribution is 2.09. The highest BCUT2D eigenvalue weighted by molar-refractivity contribution is 5.77. The summed E-state index contributed by atoms with van der Waals surface area (Å²) in [5.41, 5.74) is 0. The van der Waals surface area contributed by atoms with E-state index in [0.717, 1.165) is 32.5 Å². The molecule has 0 radical (unpaired) electrons. The Kier molecular flexibility index (Phi) is 6.12. The SMILES string of the molecule is CC(=O)N1CCC(NCCNC(=O)C(C)C)CC1. The molecule has 1 rings (SSSR count). The number of carbonyl (C=O) groups is 2. The zero-order valence-corrected chi connectivity index (χ0v) is 11.7. The van der Waals surface area contributed by atoms with E-state index in [2.05, 4.69) is 10.6 Å². The fourth-order valence-corrected chi connectivity index (χ4v) is 2.06. The molecular weight excluding hydrogens is 230 g/mol. The van der Waals surface area contributed by atoms with Gasteiger partial charge in [0.05, 0.1) is 0 Å². The fourth-order valence-electron chi connectivity index (χ4n) is 2.06. The van der Waals surface area contributed by atoms with Gasteiger partial charge in [0.2, 0.25) is 11.8 Å². The summed E-state index contributed by atoms with van der Waals surface area (Å²) in [6.07, 6.45) is 2.00. The number of hydrogen-bond acceptors (Lipinski definition) is 3. The molecule has 0 aromatic carbocycles. The van der Waals surface area contributed by atoms with Crippen molar-refractivity contribution in [2.75, 3.05) is 26.2 Å². The smallest absolute Gasteiger partial charge is 0.222 e. The Bertz CT molecular complexity index is 284. The molecule has 0 unspecified atom stereocenters. The van der Waals surface area contributed by atoms with Gasteiger partial charge in [0.25, 0.3) is 0 Å². The molecule has 1 heterocycles. The first-order valence-electron chi connectivity index (χ1n) is 6.77. The van der Waals surface area contributed by atoms with Crippen molar-refractivity contribution in [2.24, 2.45) is 5.92 Å². The van der Waals surface area contributed by atoms with Gasteiger partial charge in [-0.15, -0.1) is 0 Å². The quantitative estimate of drug-likeness (QED) is 0.697. The van der Waals surface area contributed by atoms with Crippen LogP contribution in [0.5, 0.6) is 0 Å². The predicted octanol–water partition coefficient (Wildman–Crippen LogP) is 0.359. The van der Waals surface area contributed by atoms with Gasteiger partial charge in [0.1, 0.15) is 0 Å². The predicted molar refractivity (Wildman–Crippen MR) is 71.1 cm³/mol. The molecule has 0 atom stereocenters. The Labute approximate surface area is 109 Å². The van der Waals surface area contributed by atoms with Gasteiger partial charge < -0.3 is 15.5 Å². The van der Waals surface area contributed by atoms with Gasteiger partial charge in [-0.25, -0.2) is 0 Å². The zero-order chi connectivity index (χ0) is 13.5. The lowest BCUT2D eigenvalue weighted by atomic mass is 10.1. The van der Waals surface area contributed by atoms with E-state index in [1.54, 1.807) is 6.92 Å². The highest BCUT2D eigenvalue weighted by Gasteiger charge is 2.19. The van der Waals surface area contributed by atoms with E-state index < -0.39 is 0 Å². The number of nitrogens with zero attached hydrogens (tertiary/aromatic N) is 1. The molecule has 0 aromatic rings. The minimum Gasteiger partial charge on any atom is -0.355 e. The molecule has 5 heteroatoms. The van der Waals surface area contributed by atoms with E-state index in [4.69, 9.17) is 0 Å². The van der Waals surface area contributed by atoms with Crippen LogP contribution in [-0.2, 0) is 9.59 Å². The van der Waals surface area contributed by atoms with Gasteiger partial charge in [0.15, 0.2) is 0 Å². The summed E-state index contributed by atoms with van der Waals surface area (Å²) in [6, 6.07) is 0.469. The van der Waals surface area contributed by atoms with Crippen LogP contribution in [0.1, 0.15) is 33.6 Å². The first kappa shape index (κ1) is 15.0. The molecule has 1 fully saturated rings. The number of rotatable bonds is 5. The number of likely N-dealkylation sites (tertiary alicyclic amines) is 1. The van der Waals surface area contributed by atoms with Crippen molar-refractivity contribution in [3.05, 3.63) is 0 Å². The molecule has 1 saturated heterocycles. The molecular formula is C13H25N3O2. The number of nitrogens with one attached hydrogen (secondary N) is 2. The van der Waals surface area contributed by atoms with Crippen molar-refractivity contribution in [1.29, 1.82) is 0 Å². The summed E-state index contributed by atoms with van der Waals surface area (Å²) < 4.78 is 0. The Hall–Kier alpha value is -1.10. The Morgan fingerprint density at radius 3 is 2.33 bits per heavy atom. The van der Waals surface area contributed by atoms with Crippen molar-refractivity contribution in [2.45, 2.75) is 39.7 Å². The number of hydrogen-bond donors (Lipinski definition) is 2. The molecule has 104 valence electrons. The van der Waals surface area contributed by atoms with Crippen molar-refractivity contribution in [3.8, 4) is 0 Å². The van der Waals surface area contributed by atoms with Crippen LogP contribution in [0.25, 0.3) is 0 Å². The van der Waals surface area contributed by atoms with Gasteiger partial charge in [-0.1, -0.05) is 13.8 Å². The monoisotopic (exact) mass is 255 g/mol. The van der Waals surface area contributed by atoms with Gasteiger partial charge in [-0.05, 0) is 12.8 Å². The Morgan fingerprint density at radius 1 is 1.22 bits per heavy atom. The van der Waals surface area contributed by atoms with Crippen molar-refractivity contribution < 1.29 is 9.59 Å². The summed E-state index contributed by atoms with van der Waals surface area (Å²) in [5, 5.41) is 6.31. The van der Waals surface area contributed by atoms with Crippen LogP contribution in [0.4, 0.5) is 0 Å². The summed E-state index contributed by atoms with van der Waals surface area (Å²) in [6.45, 7) is 8.54. The third-order valence-electron chi connectivity index (χ3n) is 3.32. The van der Waals surface area contributed by atoms with Gasteiger partial charge >= 0.3 is 0 Å². The van der Waals surface area contributed by atoms with Crippen LogP contribution >= 0.6 is 0 Å². The lowest BCUT2D eigenvalue weighted by molar-refractivity contribution is -0.130. The standard InChI is InChI=1S/C13H25N3O2/c1-10(2)13(18)15-7-6-14-12-4-8-16(9-5-12)11(3)17/h10,12,14H,4-9H2,1-3H3,(H,15,18). The third-order valence-corrected chi connectivity index (χ3v) is 3.32. The van der Waals surface area contributed by atoms with E-state index in [-0.39, 0.29) is 17.7 Å². The largest absolute Gasteiger partial charge is 0.355 e. The van der Waals surface area contributed by atoms with Crippen LogP contribution < -0.4 is 10.6 Å². The molecule has 1 aliphatic heterocycles. The average molecular weight is 255 g/mol. The molecule has 0 aromatic heterocycles. The summed E-state index contributed by atoms with van der Waals surface area (Å²) in [7, 11) is 0. The maximum absolute atomic E-state index is 11.3. The summed E-state index contributed by atoms with van der Waals surface area (Å²) >= 11 is 0. The van der Waals surface area contributed by atoms with E-state index >= 15 is 0 Å². The first-order valence-corrected chi connectivity index (χ1v) is 6.77. The van der Waals surface area contributed by atoms with E-state index in [9.17, 15) is 9.59 Å². The van der Waals surface area contributed by atoms with Crippen LogP contribution in [-0.4, -0.2) is 48.9 Å². The molecule has 0 spiro atoms. The first-order chi connectivity index (χ1) is 8.50. The lowest BCUT2D eigenvalue weighted by Crippen LogP contribution is -2.46. The maximum atomic E-state index is 11.3. The van der Waals surface area contributed by atoms with Crippen molar-refractivity contribution >= 4 is 11.8 Å². The molecule has 18 heavy (non-hydrogen) atoms. The lowest BCUT2D eigenvalue weighted by Gasteiger charge is -2.31. The Balaban J connectivity index is 2.08. The molecule has 2 N–H and O–H groups in total. The summed E-state index contributed by atoms with van der Waals surface area (Å²) in [5.74, 6) is 0.310. The van der Waals surface area contributed by atoms with Crippen LogP contribution in [0.15, 0.2) is 0 Å². The summed E-state index contributed by atoms with van der Waals surface area (Å²) in [4.78, 5) is 24.4. The molecule has 0 bridgehead atoms. The number of amides is 2. The van der Waals surface area contributed by atoms with Crippen LogP contribution in [0.3, 0.4) is 0 Å². The van der Waals surface area contributed by atoms with E-state index in [1.807, 2.05) is 18.7 Å². The third kappa shape index (κ3) is 5.04. The minimum absolute atomic E-state index is 0.0452. The Morgan fingerprint density at radius 2 is 1.83 bits per heavy atom. The second-order valence-corrected chi connectivity index (χ2v) is 5.18. The molecule has 1 aliphatic rings. The highest BCUT2D eigenvalue weighted by atomic mass is 16.2. The fraction of sp³-hybridized carbons (Fsp3) is 0.846. The van der Waals surface area contributed by atoms with Crippen molar-refractivity contribution in [1.82, 2.24) is 15.5 Å². The van der Waals surface area contributed by atoms with Crippen LogP contribution in [0.2, 0.25) is 0 Å². The van der Waals surface area contributed by atoms with Gasteiger partial charge in [-0.3, -0.25) is 9.59 Å². The second-order valence-electron chi connectivity index (χ2n) is 5.18. The maximum Gasteiger partial charge on any atom is 0.222 e. The van der Waals surface area contributed by atoms with Gasteiger partial charge in [-0.2, -0.15) is 0 Å². The zero-order valence-electron chi connectivity index (χ0n) is 11.7. The van der Waals surface area contributed by atoms with Crippen LogP contribution in [0, 0.1) is 5.92 Å².